The maximum atomic E-state index is 11.5. The Bertz CT molecular complexity index is 726. The molecule has 0 aromatic heterocycles. The summed E-state index contributed by atoms with van der Waals surface area (Å²) in [4.78, 5) is 11.5. The Hall–Kier alpha value is -1.18. The fraction of sp³-hybridized carbons (Fsp3) is 0.783. The Balaban J connectivity index is 1.43. The van der Waals surface area contributed by atoms with Crippen LogP contribution in [-0.4, -0.2) is 44.0 Å². The average molecular weight is 440 g/mol. The van der Waals surface area contributed by atoms with Crippen LogP contribution >= 0.6 is 0 Å². The summed E-state index contributed by atoms with van der Waals surface area (Å²) in [6, 6.07) is 0. The van der Waals surface area contributed by atoms with Crippen LogP contribution in [0.4, 0.5) is 0 Å². The van der Waals surface area contributed by atoms with Gasteiger partial charge >= 0.3 is 0 Å². The number of unbranched alkanes of at least 4 members (excludes halogenated alkanes) is 1. The van der Waals surface area contributed by atoms with Gasteiger partial charge in [0, 0.05) is 12.3 Å². The predicted molar refractivity (Wildman–Crippen MR) is 117 cm³/mol. The normalized spacial score (nSPS) is 31.0. The molecule has 0 aromatic rings. The number of carbonyl (C=O) groups is 1. The molecule has 2 bridgehead atoms. The van der Waals surface area contributed by atoms with E-state index in [0.29, 0.717) is 30.3 Å². The number of hydrogen-bond acceptors (Lipinski definition) is 5. The van der Waals surface area contributed by atoms with Crippen molar-refractivity contribution in [2.45, 2.75) is 88.9 Å². The number of amides is 1. The predicted octanol–water partition coefficient (Wildman–Crippen LogP) is 3.47. The van der Waals surface area contributed by atoms with Gasteiger partial charge in [-0.25, -0.2) is 8.42 Å². The summed E-state index contributed by atoms with van der Waals surface area (Å²) >= 11 is 0. The van der Waals surface area contributed by atoms with E-state index in [1.807, 2.05) is 10.8 Å². The average Bonchev–Trinajstić information content (AvgIpc) is 3.30. The fourth-order valence-electron chi connectivity index (χ4n) is 5.27. The second-order valence-corrected chi connectivity index (χ2v) is 11.0. The van der Waals surface area contributed by atoms with Gasteiger partial charge in [-0.2, -0.15) is 0 Å². The number of aliphatic hydroxyl groups excluding tert-OH is 1. The van der Waals surface area contributed by atoms with Crippen LogP contribution in [0.15, 0.2) is 24.3 Å². The Kier molecular flexibility index (Phi) is 8.54. The molecule has 170 valence electrons. The van der Waals surface area contributed by atoms with E-state index in [4.69, 9.17) is 4.74 Å². The summed E-state index contributed by atoms with van der Waals surface area (Å²) in [7, 11) is -3.47. The van der Waals surface area contributed by atoms with E-state index in [1.165, 1.54) is 19.3 Å². The molecule has 3 fully saturated rings. The maximum absolute atomic E-state index is 11.5. The van der Waals surface area contributed by atoms with Gasteiger partial charge in [0.1, 0.15) is 0 Å². The van der Waals surface area contributed by atoms with Crippen molar-refractivity contribution in [1.29, 1.82) is 0 Å². The lowest BCUT2D eigenvalue weighted by atomic mass is 9.76. The minimum absolute atomic E-state index is 0.207. The third kappa shape index (κ3) is 6.92. The van der Waals surface area contributed by atoms with Gasteiger partial charge in [-0.05, 0) is 56.8 Å². The molecule has 5 atom stereocenters. The topological polar surface area (TPSA) is 92.7 Å². The molecule has 3 rings (SSSR count). The lowest BCUT2D eigenvalue weighted by Gasteiger charge is -2.27. The molecule has 2 aliphatic heterocycles. The van der Waals surface area contributed by atoms with E-state index in [0.717, 1.165) is 44.8 Å². The quantitative estimate of drug-likeness (QED) is 0.402. The maximum Gasteiger partial charge on any atom is 0.233 e. The van der Waals surface area contributed by atoms with Crippen molar-refractivity contribution in [3.05, 3.63) is 24.3 Å². The van der Waals surface area contributed by atoms with E-state index >= 15 is 0 Å². The lowest BCUT2D eigenvalue weighted by molar-refractivity contribution is -0.119. The molecule has 2 heterocycles. The highest BCUT2D eigenvalue weighted by atomic mass is 32.2. The summed E-state index contributed by atoms with van der Waals surface area (Å²) in [6.07, 6.45) is 20.5. The molecule has 0 aromatic carbocycles. The molecular formula is C23H37NO5S. The summed E-state index contributed by atoms with van der Waals surface area (Å²) in [5.41, 5.74) is 0. The second kappa shape index (κ2) is 10.9. The molecule has 1 unspecified atom stereocenters. The van der Waals surface area contributed by atoms with E-state index in [9.17, 15) is 18.3 Å². The number of hydrogen-bond donors (Lipinski definition) is 2. The van der Waals surface area contributed by atoms with Crippen molar-refractivity contribution >= 4 is 15.9 Å². The highest BCUT2D eigenvalue weighted by molar-refractivity contribution is 7.89. The molecule has 0 spiro atoms. The number of sulfonamides is 1. The largest absolute Gasteiger partial charge is 0.389 e. The minimum Gasteiger partial charge on any atom is -0.389 e. The molecule has 30 heavy (non-hydrogen) atoms. The summed E-state index contributed by atoms with van der Waals surface area (Å²) in [5, 5.41) is 10.6. The van der Waals surface area contributed by atoms with Crippen LogP contribution in [-0.2, 0) is 19.6 Å². The zero-order chi connectivity index (χ0) is 21.6. The third-order valence-corrected chi connectivity index (χ3v) is 7.40. The zero-order valence-electron chi connectivity index (χ0n) is 18.0. The zero-order valence-corrected chi connectivity index (χ0v) is 18.9. The van der Waals surface area contributed by atoms with Crippen molar-refractivity contribution in [2.75, 3.05) is 6.26 Å². The third-order valence-electron chi connectivity index (χ3n) is 6.80. The van der Waals surface area contributed by atoms with E-state index < -0.39 is 15.9 Å². The molecule has 2 N–H and O–H groups in total. The van der Waals surface area contributed by atoms with E-state index in [2.05, 4.69) is 18.2 Å². The van der Waals surface area contributed by atoms with Gasteiger partial charge in [-0.15, -0.1) is 0 Å². The van der Waals surface area contributed by atoms with Crippen LogP contribution < -0.4 is 4.72 Å². The first-order valence-corrected chi connectivity index (χ1v) is 13.4. The number of fused-ring (bicyclic) bond motifs is 2. The van der Waals surface area contributed by atoms with Crippen molar-refractivity contribution < 1.29 is 23.1 Å². The van der Waals surface area contributed by atoms with Crippen LogP contribution in [0.2, 0.25) is 0 Å². The van der Waals surface area contributed by atoms with Crippen LogP contribution in [0, 0.1) is 17.8 Å². The molecular weight excluding hydrogens is 402 g/mol. The highest BCUT2D eigenvalue weighted by Crippen LogP contribution is 2.46. The van der Waals surface area contributed by atoms with E-state index in [-0.39, 0.29) is 18.6 Å². The number of rotatable bonds is 10. The first-order valence-electron chi connectivity index (χ1n) is 11.5. The Morgan fingerprint density at radius 2 is 1.87 bits per heavy atom. The SMILES string of the molecule is CS(=O)(=O)NC(=O)CCCC=CC[C@@H]1[C@H](C=CC(O)C2CCCCC2)[C@@H]2CC[C@H]1O2. The van der Waals surface area contributed by atoms with Gasteiger partial charge in [0.2, 0.25) is 15.9 Å². The Labute approximate surface area is 181 Å². The molecule has 3 aliphatic rings. The molecule has 7 heteroatoms. The van der Waals surface area contributed by atoms with Crippen LogP contribution in [0.5, 0.6) is 0 Å². The van der Waals surface area contributed by atoms with Crippen molar-refractivity contribution in [2.24, 2.45) is 17.8 Å². The van der Waals surface area contributed by atoms with Crippen molar-refractivity contribution in [3.63, 3.8) is 0 Å². The number of carbonyl (C=O) groups excluding carboxylic acids is 1. The molecule has 1 amide bonds. The van der Waals surface area contributed by atoms with Gasteiger partial charge in [-0.1, -0.05) is 43.6 Å². The van der Waals surface area contributed by atoms with Crippen molar-refractivity contribution in [3.8, 4) is 0 Å². The first-order chi connectivity index (χ1) is 14.3. The molecule has 2 saturated heterocycles. The van der Waals surface area contributed by atoms with Crippen LogP contribution in [0.3, 0.4) is 0 Å². The number of allylic oxidation sites excluding steroid dienone is 2. The molecule has 0 radical (unpaired) electrons. The van der Waals surface area contributed by atoms with Gasteiger partial charge in [0.05, 0.1) is 24.6 Å². The smallest absolute Gasteiger partial charge is 0.233 e. The molecule has 1 saturated carbocycles. The lowest BCUT2D eigenvalue weighted by Crippen LogP contribution is -2.28. The monoisotopic (exact) mass is 439 g/mol. The number of nitrogens with one attached hydrogen (secondary N) is 1. The van der Waals surface area contributed by atoms with E-state index in [1.54, 1.807) is 0 Å². The fourth-order valence-corrected chi connectivity index (χ4v) is 5.79. The highest BCUT2D eigenvalue weighted by Gasteiger charge is 2.46. The Morgan fingerprint density at radius 1 is 1.13 bits per heavy atom. The second-order valence-electron chi connectivity index (χ2n) is 9.20. The summed E-state index contributed by atoms with van der Waals surface area (Å²) < 4.78 is 30.2. The molecule has 1 aliphatic carbocycles. The first kappa shape index (κ1) is 23.5. The summed E-state index contributed by atoms with van der Waals surface area (Å²) in [5.74, 6) is 0.775. The summed E-state index contributed by atoms with van der Waals surface area (Å²) in [6.45, 7) is 0. The van der Waals surface area contributed by atoms with Gasteiger partial charge < -0.3 is 9.84 Å². The van der Waals surface area contributed by atoms with Gasteiger partial charge in [0.25, 0.3) is 0 Å². The number of ether oxygens (including phenoxy) is 1. The van der Waals surface area contributed by atoms with Crippen LogP contribution in [0.1, 0.15) is 70.6 Å². The van der Waals surface area contributed by atoms with Gasteiger partial charge in [-0.3, -0.25) is 9.52 Å². The standard InChI is InChI=1S/C23H37NO5S/c1-30(27,28)24-23(26)12-8-3-2-7-11-18-19(22-16-15-21(18)29-22)13-14-20(25)17-9-5-4-6-10-17/h2,7,13-14,17-22,25H,3-6,8-12,15-16H2,1H3,(H,24,26)/t18-,19+,20?,21-,22+/m1/s1. The van der Waals surface area contributed by atoms with Crippen molar-refractivity contribution in [1.82, 2.24) is 4.72 Å². The molecule has 6 nitrogen and oxygen atoms in total. The van der Waals surface area contributed by atoms with Gasteiger partial charge in [0.15, 0.2) is 0 Å². The Morgan fingerprint density at radius 3 is 2.60 bits per heavy atom. The van der Waals surface area contributed by atoms with Crippen LogP contribution in [0.25, 0.3) is 0 Å². The number of aliphatic hydroxyl groups is 1. The minimum atomic E-state index is -3.47.